The Morgan fingerprint density at radius 1 is 1.21 bits per heavy atom. The van der Waals surface area contributed by atoms with E-state index in [1.54, 1.807) is 30.3 Å². The smallest absolute Gasteiger partial charge is 0.411 e. The van der Waals surface area contributed by atoms with E-state index in [0.717, 1.165) is 22.8 Å². The highest BCUT2D eigenvalue weighted by Gasteiger charge is 2.16. The number of allylic oxidation sites excluding steroid dienone is 8. The van der Waals surface area contributed by atoms with Crippen LogP contribution in [0.2, 0.25) is 0 Å². The van der Waals surface area contributed by atoms with Gasteiger partial charge in [0.1, 0.15) is 18.2 Å². The highest BCUT2D eigenvalue weighted by atomic mass is 16.5. The minimum absolute atomic E-state index is 0.462. The molecule has 1 N–H and O–H groups in total. The Morgan fingerprint density at radius 2 is 1.97 bits per heavy atom. The molecular formula is C27H31N3O3. The topological polar surface area (TPSA) is 65.4 Å². The Kier molecular flexibility index (Phi) is 10.3. The molecule has 0 bridgehead atoms. The van der Waals surface area contributed by atoms with Crippen molar-refractivity contribution in [1.82, 2.24) is 9.55 Å². The first kappa shape index (κ1) is 25.3. The number of aryl methyl sites for hydroxylation is 1. The van der Waals surface area contributed by atoms with E-state index in [1.165, 1.54) is 7.11 Å². The van der Waals surface area contributed by atoms with E-state index >= 15 is 0 Å². The summed E-state index contributed by atoms with van der Waals surface area (Å²) in [7, 11) is 1.32. The van der Waals surface area contributed by atoms with Gasteiger partial charge in [-0.25, -0.2) is 9.78 Å². The minimum atomic E-state index is -0.512. The lowest BCUT2D eigenvalue weighted by Crippen LogP contribution is -2.13. The number of imidazole rings is 1. The number of aromatic nitrogens is 2. The first-order valence-electron chi connectivity index (χ1n) is 10.7. The molecule has 0 fully saturated rings. The summed E-state index contributed by atoms with van der Waals surface area (Å²) in [4.78, 5) is 16.1. The Morgan fingerprint density at radius 3 is 2.61 bits per heavy atom. The number of carbonyl (C=O) groups is 1. The van der Waals surface area contributed by atoms with Crippen LogP contribution < -0.4 is 10.1 Å². The molecule has 6 nitrogen and oxygen atoms in total. The Balaban J connectivity index is 2.20. The Hall–Kier alpha value is -3.98. The van der Waals surface area contributed by atoms with Crippen LogP contribution in [-0.2, 0) is 17.7 Å². The van der Waals surface area contributed by atoms with Gasteiger partial charge in [0.25, 0.3) is 0 Å². The van der Waals surface area contributed by atoms with Crippen molar-refractivity contribution in [3.63, 3.8) is 0 Å². The lowest BCUT2D eigenvalue weighted by molar-refractivity contribution is 0.187. The van der Waals surface area contributed by atoms with Crippen LogP contribution in [0, 0.1) is 19.3 Å². The molecule has 2 aromatic rings. The summed E-state index contributed by atoms with van der Waals surface area (Å²) in [5, 5.41) is 2.61. The van der Waals surface area contributed by atoms with Crippen molar-refractivity contribution in [2.24, 2.45) is 0 Å². The molecule has 1 amide bonds. The Labute approximate surface area is 196 Å². The zero-order valence-corrected chi connectivity index (χ0v) is 19.7. The van der Waals surface area contributed by atoms with Crippen molar-refractivity contribution >= 4 is 17.4 Å². The zero-order chi connectivity index (χ0) is 24.1. The van der Waals surface area contributed by atoms with Crippen LogP contribution in [0.15, 0.2) is 66.8 Å². The lowest BCUT2D eigenvalue weighted by Gasteiger charge is -2.12. The van der Waals surface area contributed by atoms with Gasteiger partial charge in [0.2, 0.25) is 0 Å². The number of nitrogens with one attached hydrogen (secondary N) is 1. The fraction of sp³-hybridized carbons (Fsp3) is 0.259. The summed E-state index contributed by atoms with van der Waals surface area (Å²) in [6, 6.07) is 7.13. The van der Waals surface area contributed by atoms with Gasteiger partial charge in [-0.1, -0.05) is 42.4 Å². The number of amides is 1. The number of nitrogens with zero attached hydrogens (tertiary/aromatic N) is 2. The van der Waals surface area contributed by atoms with Gasteiger partial charge >= 0.3 is 6.09 Å². The molecule has 33 heavy (non-hydrogen) atoms. The van der Waals surface area contributed by atoms with Gasteiger partial charge in [0, 0.05) is 23.4 Å². The highest BCUT2D eigenvalue weighted by Crippen LogP contribution is 2.23. The van der Waals surface area contributed by atoms with Crippen LogP contribution in [0.4, 0.5) is 10.5 Å². The Bertz CT molecular complexity index is 1080. The molecule has 0 saturated carbocycles. The largest absolute Gasteiger partial charge is 0.492 e. The summed E-state index contributed by atoms with van der Waals surface area (Å²) in [6.07, 6.45) is 19.6. The number of terminal acetylenes is 1. The first-order valence-corrected chi connectivity index (χ1v) is 10.7. The van der Waals surface area contributed by atoms with E-state index in [4.69, 9.17) is 16.1 Å². The maximum Gasteiger partial charge on any atom is 0.411 e. The quantitative estimate of drug-likeness (QED) is 0.375. The van der Waals surface area contributed by atoms with Gasteiger partial charge in [-0.2, -0.15) is 0 Å². The second-order valence-corrected chi connectivity index (χ2v) is 7.02. The average molecular weight is 446 g/mol. The molecular weight excluding hydrogens is 414 g/mol. The standard InChI is InChI=1S/C27H31N3O3/c1-6-9-10-11-14-25-26(22(12-7-2)13-8-3)28-21(4)30(25)19-20-33-24-17-15-23(16-18-24)29-27(31)32-5/h2,6,8-13,15-18H,14,19-20H2,1,3-5H3,(H,29,31)/b9-6-,11-10-,13-8-,22-12+. The van der Waals surface area contributed by atoms with E-state index in [-0.39, 0.29) is 0 Å². The molecule has 1 aromatic carbocycles. The SMILES string of the molecule is C#C/C=C(\C=C/C)c1nc(C)n(CCOc2ccc(NC(=O)OC)cc2)c1C/C=C\C=C/C. The molecule has 0 spiro atoms. The van der Waals surface area contributed by atoms with Crippen LogP contribution in [0.1, 0.15) is 31.1 Å². The summed E-state index contributed by atoms with van der Waals surface area (Å²) < 4.78 is 12.7. The minimum Gasteiger partial charge on any atom is -0.492 e. The van der Waals surface area contributed by atoms with E-state index in [9.17, 15) is 4.79 Å². The molecule has 0 atom stereocenters. The van der Waals surface area contributed by atoms with Gasteiger partial charge in [-0.05, 0) is 51.1 Å². The number of hydrogen-bond acceptors (Lipinski definition) is 4. The molecule has 2 rings (SSSR count). The van der Waals surface area contributed by atoms with Gasteiger partial charge in [-0.15, -0.1) is 6.42 Å². The molecule has 1 aromatic heterocycles. The van der Waals surface area contributed by atoms with Crippen LogP contribution in [0.25, 0.3) is 5.57 Å². The van der Waals surface area contributed by atoms with Crippen molar-refractivity contribution in [3.05, 3.63) is 84.0 Å². The van der Waals surface area contributed by atoms with Crippen molar-refractivity contribution in [2.45, 2.75) is 33.7 Å². The van der Waals surface area contributed by atoms with Crippen molar-refractivity contribution in [3.8, 4) is 18.1 Å². The van der Waals surface area contributed by atoms with Gasteiger partial charge in [0.05, 0.1) is 19.3 Å². The average Bonchev–Trinajstić information content (AvgIpc) is 3.12. The number of rotatable bonds is 10. The number of methoxy groups -OCH3 is 1. The van der Waals surface area contributed by atoms with Gasteiger partial charge in [0.15, 0.2) is 0 Å². The highest BCUT2D eigenvalue weighted by molar-refractivity contribution is 5.84. The molecule has 6 heteroatoms. The van der Waals surface area contributed by atoms with Crippen molar-refractivity contribution in [2.75, 3.05) is 19.0 Å². The molecule has 0 radical (unpaired) electrons. The third kappa shape index (κ3) is 7.58. The monoisotopic (exact) mass is 445 g/mol. The number of anilines is 1. The van der Waals surface area contributed by atoms with Gasteiger partial charge < -0.3 is 14.0 Å². The summed E-state index contributed by atoms with van der Waals surface area (Å²) in [6.45, 7) is 7.02. The van der Waals surface area contributed by atoms with E-state index in [0.29, 0.717) is 31.0 Å². The van der Waals surface area contributed by atoms with E-state index in [2.05, 4.69) is 26.6 Å². The molecule has 1 heterocycles. The molecule has 0 saturated heterocycles. The van der Waals surface area contributed by atoms with Crippen LogP contribution in [0.5, 0.6) is 5.75 Å². The number of benzene rings is 1. The third-order valence-electron chi connectivity index (χ3n) is 4.74. The van der Waals surface area contributed by atoms with Gasteiger partial charge in [-0.3, -0.25) is 5.32 Å². The van der Waals surface area contributed by atoms with Crippen molar-refractivity contribution in [1.29, 1.82) is 0 Å². The predicted molar refractivity (Wildman–Crippen MR) is 134 cm³/mol. The fourth-order valence-electron chi connectivity index (χ4n) is 3.24. The number of hydrogen-bond donors (Lipinski definition) is 1. The fourth-order valence-corrected chi connectivity index (χ4v) is 3.24. The molecule has 172 valence electrons. The summed E-state index contributed by atoms with van der Waals surface area (Å²) in [5.41, 5.74) is 3.50. The molecule has 0 unspecified atom stereocenters. The van der Waals surface area contributed by atoms with E-state index < -0.39 is 6.09 Å². The predicted octanol–water partition coefficient (Wildman–Crippen LogP) is 5.72. The maximum atomic E-state index is 11.3. The second kappa shape index (κ2) is 13.4. The van der Waals surface area contributed by atoms with Crippen LogP contribution >= 0.6 is 0 Å². The first-order chi connectivity index (χ1) is 16.0. The lowest BCUT2D eigenvalue weighted by atomic mass is 10.1. The second-order valence-electron chi connectivity index (χ2n) is 7.02. The zero-order valence-electron chi connectivity index (χ0n) is 19.7. The molecule has 0 aliphatic heterocycles. The van der Waals surface area contributed by atoms with Crippen molar-refractivity contribution < 1.29 is 14.3 Å². The van der Waals surface area contributed by atoms with Crippen LogP contribution in [0.3, 0.4) is 0 Å². The molecule has 0 aliphatic rings. The normalized spacial score (nSPS) is 11.9. The van der Waals surface area contributed by atoms with Crippen LogP contribution in [-0.4, -0.2) is 29.4 Å². The molecule has 0 aliphatic carbocycles. The summed E-state index contributed by atoms with van der Waals surface area (Å²) in [5.74, 6) is 4.22. The maximum absolute atomic E-state index is 11.3. The van der Waals surface area contributed by atoms with E-state index in [1.807, 2.05) is 51.2 Å². The summed E-state index contributed by atoms with van der Waals surface area (Å²) >= 11 is 0. The number of carbonyl (C=O) groups excluding carboxylic acids is 1. The number of ether oxygens (including phenoxy) is 2. The third-order valence-corrected chi connectivity index (χ3v) is 4.74.